The van der Waals surface area contributed by atoms with Crippen molar-refractivity contribution in [3.63, 3.8) is 0 Å². The van der Waals surface area contributed by atoms with Crippen LogP contribution in [0, 0.1) is 5.92 Å². The van der Waals surface area contributed by atoms with Crippen molar-refractivity contribution in [2.75, 3.05) is 20.3 Å². The number of furan rings is 1. The number of benzene rings is 1. The van der Waals surface area contributed by atoms with Gasteiger partial charge in [-0.05, 0) is 42.7 Å². The molecule has 3 atom stereocenters. The Bertz CT molecular complexity index is 744. The van der Waals surface area contributed by atoms with E-state index in [2.05, 4.69) is 22.3 Å². The van der Waals surface area contributed by atoms with Gasteiger partial charge in [-0.15, -0.1) is 0 Å². The Morgan fingerprint density at radius 2 is 2.15 bits per heavy atom. The fourth-order valence-corrected chi connectivity index (χ4v) is 4.12. The van der Waals surface area contributed by atoms with E-state index in [1.807, 2.05) is 24.3 Å². The Labute approximate surface area is 159 Å². The van der Waals surface area contributed by atoms with Gasteiger partial charge in [-0.25, -0.2) is 0 Å². The Balaban J connectivity index is 1.41. The highest BCUT2D eigenvalue weighted by atomic mass is 16.5. The molecule has 0 saturated carbocycles. The van der Waals surface area contributed by atoms with Crippen LogP contribution in [0.1, 0.15) is 24.2 Å². The third-order valence-electron chi connectivity index (χ3n) is 5.55. The molecule has 2 aliphatic rings. The summed E-state index contributed by atoms with van der Waals surface area (Å²) in [5.74, 6) is 1.62. The van der Waals surface area contributed by atoms with E-state index in [1.165, 1.54) is 5.56 Å². The quantitative estimate of drug-likeness (QED) is 0.847. The molecule has 0 unspecified atom stereocenters. The maximum absolute atomic E-state index is 12.7. The smallest absolute Gasteiger partial charge is 0.224 e. The first kappa shape index (κ1) is 18.1. The van der Waals surface area contributed by atoms with Crippen molar-refractivity contribution in [3.8, 4) is 5.75 Å². The van der Waals surface area contributed by atoms with Crippen LogP contribution in [-0.4, -0.2) is 43.2 Å². The van der Waals surface area contributed by atoms with Gasteiger partial charge in [0.1, 0.15) is 11.5 Å². The number of rotatable bonds is 6. The van der Waals surface area contributed by atoms with Crippen molar-refractivity contribution in [1.29, 1.82) is 0 Å². The summed E-state index contributed by atoms with van der Waals surface area (Å²) < 4.78 is 16.5. The zero-order valence-corrected chi connectivity index (χ0v) is 15.6. The van der Waals surface area contributed by atoms with Gasteiger partial charge in [0.25, 0.3) is 0 Å². The highest BCUT2D eigenvalue weighted by molar-refractivity contribution is 5.79. The van der Waals surface area contributed by atoms with E-state index in [-0.39, 0.29) is 17.9 Å². The average molecular weight is 370 g/mol. The number of carbonyl (C=O) groups excluding carboxylic acids is 1. The summed E-state index contributed by atoms with van der Waals surface area (Å²) >= 11 is 0. The Hall–Kier alpha value is -2.31. The summed E-state index contributed by atoms with van der Waals surface area (Å²) in [6.07, 6.45) is 3.57. The second kappa shape index (κ2) is 8.15. The van der Waals surface area contributed by atoms with Crippen LogP contribution in [0.4, 0.5) is 0 Å². The summed E-state index contributed by atoms with van der Waals surface area (Å²) in [5.41, 5.74) is 1.22. The number of amides is 1. The third kappa shape index (κ3) is 4.17. The number of methoxy groups -OCH3 is 1. The molecule has 0 radical (unpaired) electrons. The van der Waals surface area contributed by atoms with Gasteiger partial charge in [0.05, 0.1) is 31.9 Å². The summed E-state index contributed by atoms with van der Waals surface area (Å²) in [4.78, 5) is 15.1. The molecule has 6 heteroatoms. The maximum Gasteiger partial charge on any atom is 0.224 e. The molecule has 1 aromatic carbocycles. The molecule has 2 aliphatic heterocycles. The van der Waals surface area contributed by atoms with Gasteiger partial charge in [0, 0.05) is 25.7 Å². The molecule has 2 saturated heterocycles. The molecule has 0 spiro atoms. The molecule has 27 heavy (non-hydrogen) atoms. The van der Waals surface area contributed by atoms with Gasteiger partial charge in [-0.2, -0.15) is 0 Å². The van der Waals surface area contributed by atoms with Crippen molar-refractivity contribution >= 4 is 5.91 Å². The van der Waals surface area contributed by atoms with E-state index in [0.717, 1.165) is 44.0 Å². The first-order valence-electron chi connectivity index (χ1n) is 9.51. The minimum atomic E-state index is -0.0717. The summed E-state index contributed by atoms with van der Waals surface area (Å²) in [7, 11) is 1.67. The lowest BCUT2D eigenvalue weighted by Gasteiger charge is -2.40. The van der Waals surface area contributed by atoms with E-state index in [0.29, 0.717) is 12.6 Å². The van der Waals surface area contributed by atoms with Crippen LogP contribution in [-0.2, 0) is 22.6 Å². The van der Waals surface area contributed by atoms with Gasteiger partial charge in [-0.1, -0.05) is 12.1 Å². The summed E-state index contributed by atoms with van der Waals surface area (Å²) in [5, 5.41) is 3.00. The molecular weight excluding hydrogens is 344 g/mol. The normalized spacial score (nSPS) is 25.1. The fraction of sp³-hybridized carbons (Fsp3) is 0.476. The molecule has 2 aromatic rings. The molecule has 3 heterocycles. The lowest BCUT2D eigenvalue weighted by molar-refractivity contribution is -0.130. The predicted octanol–water partition coefficient (Wildman–Crippen LogP) is 2.58. The predicted molar refractivity (Wildman–Crippen MR) is 100 cm³/mol. The van der Waals surface area contributed by atoms with Gasteiger partial charge in [0.15, 0.2) is 0 Å². The van der Waals surface area contributed by atoms with Crippen molar-refractivity contribution in [1.82, 2.24) is 10.2 Å². The SMILES string of the molecule is COc1ccc(CN2C[C@@H](C(=O)NCc3ccco3)C[C@H]3OCC[C@H]32)cc1. The molecule has 2 fully saturated rings. The van der Waals surface area contributed by atoms with E-state index in [4.69, 9.17) is 13.9 Å². The molecule has 1 N–H and O–H groups in total. The second-order valence-corrected chi connectivity index (χ2v) is 7.27. The fourth-order valence-electron chi connectivity index (χ4n) is 4.12. The van der Waals surface area contributed by atoms with Crippen LogP contribution < -0.4 is 10.1 Å². The first-order chi connectivity index (χ1) is 13.2. The Morgan fingerprint density at radius 3 is 2.89 bits per heavy atom. The number of likely N-dealkylation sites (tertiary alicyclic amines) is 1. The van der Waals surface area contributed by atoms with Crippen molar-refractivity contribution in [3.05, 3.63) is 54.0 Å². The maximum atomic E-state index is 12.7. The van der Waals surface area contributed by atoms with E-state index in [9.17, 15) is 4.79 Å². The van der Waals surface area contributed by atoms with Crippen molar-refractivity contribution < 1.29 is 18.7 Å². The molecule has 144 valence electrons. The molecule has 1 amide bonds. The second-order valence-electron chi connectivity index (χ2n) is 7.27. The van der Waals surface area contributed by atoms with Crippen LogP contribution in [0.5, 0.6) is 5.75 Å². The minimum Gasteiger partial charge on any atom is -0.497 e. The van der Waals surface area contributed by atoms with Crippen molar-refractivity contribution in [2.45, 2.75) is 38.1 Å². The summed E-state index contributed by atoms with van der Waals surface area (Å²) in [6.45, 7) is 2.77. The van der Waals surface area contributed by atoms with E-state index >= 15 is 0 Å². The van der Waals surface area contributed by atoms with Gasteiger partial charge >= 0.3 is 0 Å². The van der Waals surface area contributed by atoms with Gasteiger partial charge in [-0.3, -0.25) is 9.69 Å². The first-order valence-corrected chi connectivity index (χ1v) is 9.51. The largest absolute Gasteiger partial charge is 0.497 e. The zero-order valence-electron chi connectivity index (χ0n) is 15.6. The number of carbonyl (C=O) groups is 1. The molecule has 0 aliphatic carbocycles. The van der Waals surface area contributed by atoms with E-state index in [1.54, 1.807) is 13.4 Å². The molecule has 4 rings (SSSR count). The number of ether oxygens (including phenoxy) is 2. The van der Waals surface area contributed by atoms with Crippen LogP contribution in [0.3, 0.4) is 0 Å². The van der Waals surface area contributed by atoms with Crippen LogP contribution in [0.15, 0.2) is 47.1 Å². The molecular formula is C21H26N2O4. The van der Waals surface area contributed by atoms with Crippen molar-refractivity contribution in [2.24, 2.45) is 5.92 Å². The van der Waals surface area contributed by atoms with E-state index < -0.39 is 0 Å². The van der Waals surface area contributed by atoms with Gasteiger partial charge in [0.2, 0.25) is 5.91 Å². The van der Waals surface area contributed by atoms with Gasteiger partial charge < -0.3 is 19.2 Å². The zero-order chi connectivity index (χ0) is 18.6. The Morgan fingerprint density at radius 1 is 1.30 bits per heavy atom. The number of fused-ring (bicyclic) bond motifs is 1. The van der Waals surface area contributed by atoms with Crippen LogP contribution in [0.25, 0.3) is 0 Å². The number of hydrogen-bond donors (Lipinski definition) is 1. The molecule has 1 aromatic heterocycles. The highest BCUT2D eigenvalue weighted by Crippen LogP contribution is 2.32. The van der Waals surface area contributed by atoms with Crippen LogP contribution in [0.2, 0.25) is 0 Å². The lowest BCUT2D eigenvalue weighted by atomic mass is 9.89. The van der Waals surface area contributed by atoms with Crippen LogP contribution >= 0.6 is 0 Å². The minimum absolute atomic E-state index is 0.0695. The molecule has 6 nitrogen and oxygen atoms in total. The monoisotopic (exact) mass is 370 g/mol. The summed E-state index contributed by atoms with van der Waals surface area (Å²) in [6, 6.07) is 12.2. The lowest BCUT2D eigenvalue weighted by Crippen LogP contribution is -2.52. The number of hydrogen-bond acceptors (Lipinski definition) is 5. The molecule has 0 bridgehead atoms. The number of nitrogens with zero attached hydrogens (tertiary/aromatic N) is 1. The topological polar surface area (TPSA) is 63.9 Å². The standard InChI is InChI=1S/C21H26N2O4/c1-25-17-6-4-15(5-7-17)13-23-14-16(11-20-19(23)8-10-27-20)21(24)22-12-18-3-2-9-26-18/h2-7,9,16,19-20H,8,10-14H2,1H3,(H,22,24)/t16-,19+,20+/m0/s1. The average Bonchev–Trinajstić information content (AvgIpc) is 3.38. The number of nitrogens with one attached hydrogen (secondary N) is 1. The number of piperidine rings is 1. The highest BCUT2D eigenvalue weighted by Gasteiger charge is 2.42. The third-order valence-corrected chi connectivity index (χ3v) is 5.55. The Kier molecular flexibility index (Phi) is 5.45.